The third kappa shape index (κ3) is 5.03. The number of carbonyl (C=O) groups excluding carboxylic acids is 2. The molecule has 0 heterocycles. The minimum Gasteiger partial charge on any atom is -0.480 e. The monoisotopic (exact) mass is 259 g/mol. The Morgan fingerprint density at radius 1 is 1.39 bits per heavy atom. The molecular formula is C11H21N3O4. The van der Waals surface area contributed by atoms with Crippen molar-refractivity contribution in [2.75, 3.05) is 7.05 Å². The highest BCUT2D eigenvalue weighted by atomic mass is 16.4. The van der Waals surface area contributed by atoms with Gasteiger partial charge < -0.3 is 21.1 Å². The first-order valence-electron chi connectivity index (χ1n) is 5.86. The van der Waals surface area contributed by atoms with E-state index in [0.717, 1.165) is 17.7 Å². The first-order valence-corrected chi connectivity index (χ1v) is 5.86. The summed E-state index contributed by atoms with van der Waals surface area (Å²) in [6.07, 6.45) is 2.04. The third-order valence-corrected chi connectivity index (χ3v) is 2.75. The molecule has 0 aromatic heterocycles. The molecule has 0 aliphatic rings. The lowest BCUT2D eigenvalue weighted by Crippen LogP contribution is -2.52. The summed E-state index contributed by atoms with van der Waals surface area (Å²) in [5, 5.41) is 11.2. The van der Waals surface area contributed by atoms with Crippen LogP contribution in [-0.4, -0.2) is 47.0 Å². The van der Waals surface area contributed by atoms with Crippen molar-refractivity contribution in [2.24, 2.45) is 5.73 Å². The fraction of sp³-hybridized carbons (Fsp3) is 0.727. The summed E-state index contributed by atoms with van der Waals surface area (Å²) in [5.74, 6) is -1.55. The van der Waals surface area contributed by atoms with Gasteiger partial charge >= 0.3 is 12.0 Å². The van der Waals surface area contributed by atoms with Gasteiger partial charge in [0.15, 0.2) is 0 Å². The van der Waals surface area contributed by atoms with E-state index in [0.29, 0.717) is 6.42 Å². The van der Waals surface area contributed by atoms with Crippen LogP contribution >= 0.6 is 0 Å². The molecule has 18 heavy (non-hydrogen) atoms. The van der Waals surface area contributed by atoms with Crippen LogP contribution < -0.4 is 11.1 Å². The van der Waals surface area contributed by atoms with E-state index in [1.807, 2.05) is 6.92 Å². The highest BCUT2D eigenvalue weighted by molar-refractivity contribution is 5.89. The molecule has 4 N–H and O–H groups in total. The van der Waals surface area contributed by atoms with Crippen LogP contribution in [0.1, 0.15) is 33.1 Å². The second kappa shape index (κ2) is 7.52. The number of nitrogens with two attached hydrogens (primary N) is 1. The second-order valence-electron chi connectivity index (χ2n) is 4.17. The molecule has 0 rings (SSSR count). The van der Waals surface area contributed by atoms with Gasteiger partial charge in [-0.05, 0) is 13.3 Å². The van der Waals surface area contributed by atoms with Crippen molar-refractivity contribution in [3.05, 3.63) is 0 Å². The van der Waals surface area contributed by atoms with Crippen molar-refractivity contribution in [1.29, 1.82) is 0 Å². The highest BCUT2D eigenvalue weighted by Crippen LogP contribution is 2.06. The number of nitrogens with one attached hydrogen (secondary N) is 1. The van der Waals surface area contributed by atoms with E-state index < -0.39 is 30.0 Å². The molecule has 2 atom stereocenters. The number of primary amides is 1. The molecule has 0 bridgehead atoms. The van der Waals surface area contributed by atoms with Gasteiger partial charge in [0.05, 0.1) is 0 Å². The van der Waals surface area contributed by atoms with Crippen LogP contribution in [0.5, 0.6) is 0 Å². The van der Waals surface area contributed by atoms with E-state index in [1.54, 1.807) is 0 Å². The molecule has 0 saturated carbocycles. The number of unbranched alkanes of at least 4 members (excludes halogenated alkanes) is 1. The van der Waals surface area contributed by atoms with Crippen molar-refractivity contribution in [1.82, 2.24) is 10.2 Å². The zero-order chi connectivity index (χ0) is 14.3. The molecule has 0 aliphatic carbocycles. The standard InChI is InChI=1S/C11H21N3O4/c1-4-5-6-8(13-11(12)18)9(15)14(3)7(2)10(16)17/h7-8H,4-6H2,1-3H3,(H,16,17)(H3,12,13,18). The Hall–Kier alpha value is -1.79. The minimum atomic E-state index is -1.10. The summed E-state index contributed by atoms with van der Waals surface area (Å²) >= 11 is 0. The predicted octanol–water partition coefficient (Wildman–Crippen LogP) is 0.145. The van der Waals surface area contributed by atoms with Gasteiger partial charge in [-0.25, -0.2) is 9.59 Å². The number of hydrogen-bond donors (Lipinski definition) is 3. The predicted molar refractivity (Wildman–Crippen MR) is 65.9 cm³/mol. The number of likely N-dealkylation sites (N-methyl/N-ethyl adjacent to an activating group) is 1. The van der Waals surface area contributed by atoms with Crippen molar-refractivity contribution in [3.8, 4) is 0 Å². The number of amides is 3. The molecule has 0 radical (unpaired) electrons. The fourth-order valence-corrected chi connectivity index (χ4v) is 1.44. The lowest BCUT2D eigenvalue weighted by Gasteiger charge is -2.26. The Morgan fingerprint density at radius 3 is 2.33 bits per heavy atom. The van der Waals surface area contributed by atoms with Gasteiger partial charge in [-0.2, -0.15) is 0 Å². The summed E-state index contributed by atoms with van der Waals surface area (Å²) in [7, 11) is 1.39. The summed E-state index contributed by atoms with van der Waals surface area (Å²) in [6.45, 7) is 3.36. The third-order valence-electron chi connectivity index (χ3n) is 2.75. The van der Waals surface area contributed by atoms with E-state index in [9.17, 15) is 14.4 Å². The smallest absolute Gasteiger partial charge is 0.326 e. The molecule has 0 spiro atoms. The molecule has 104 valence electrons. The van der Waals surface area contributed by atoms with E-state index in [2.05, 4.69) is 5.32 Å². The molecule has 0 fully saturated rings. The molecule has 0 saturated heterocycles. The Balaban J connectivity index is 4.71. The normalized spacial score (nSPS) is 13.5. The van der Waals surface area contributed by atoms with Crippen molar-refractivity contribution >= 4 is 17.9 Å². The molecule has 0 aliphatic heterocycles. The maximum Gasteiger partial charge on any atom is 0.326 e. The molecule has 7 nitrogen and oxygen atoms in total. The summed E-state index contributed by atoms with van der Waals surface area (Å²) in [4.78, 5) is 34.7. The molecule has 7 heteroatoms. The quantitative estimate of drug-likeness (QED) is 0.603. The Morgan fingerprint density at radius 2 is 1.94 bits per heavy atom. The summed E-state index contributed by atoms with van der Waals surface area (Å²) < 4.78 is 0. The van der Waals surface area contributed by atoms with Crippen molar-refractivity contribution < 1.29 is 19.5 Å². The lowest BCUT2D eigenvalue weighted by molar-refractivity contribution is -0.149. The molecule has 0 aromatic rings. The summed E-state index contributed by atoms with van der Waals surface area (Å²) in [6, 6.07) is -2.51. The Labute approximate surface area is 106 Å². The number of rotatable bonds is 7. The van der Waals surface area contributed by atoms with Gasteiger partial charge in [0.25, 0.3) is 0 Å². The maximum atomic E-state index is 12.0. The van der Waals surface area contributed by atoms with Crippen LogP contribution in [-0.2, 0) is 9.59 Å². The number of aliphatic carboxylic acids is 1. The largest absolute Gasteiger partial charge is 0.480 e. The Bertz CT molecular complexity index is 319. The SMILES string of the molecule is CCCCC(NC(N)=O)C(=O)N(C)C(C)C(=O)O. The van der Waals surface area contributed by atoms with E-state index in [-0.39, 0.29) is 0 Å². The van der Waals surface area contributed by atoms with Crippen molar-refractivity contribution in [2.45, 2.75) is 45.2 Å². The second-order valence-corrected chi connectivity index (χ2v) is 4.17. The topological polar surface area (TPSA) is 113 Å². The van der Waals surface area contributed by atoms with E-state index >= 15 is 0 Å². The van der Waals surface area contributed by atoms with E-state index in [1.165, 1.54) is 14.0 Å². The van der Waals surface area contributed by atoms with E-state index in [4.69, 9.17) is 10.8 Å². The van der Waals surface area contributed by atoms with Crippen molar-refractivity contribution in [3.63, 3.8) is 0 Å². The van der Waals surface area contributed by atoms with Gasteiger partial charge in [-0.1, -0.05) is 19.8 Å². The van der Waals surface area contributed by atoms with Gasteiger partial charge in [-0.15, -0.1) is 0 Å². The molecule has 0 aromatic carbocycles. The lowest BCUT2D eigenvalue weighted by atomic mass is 10.1. The average Bonchev–Trinajstić information content (AvgIpc) is 2.30. The fourth-order valence-electron chi connectivity index (χ4n) is 1.44. The number of carboxylic acid groups (broad SMARTS) is 1. The minimum absolute atomic E-state index is 0.439. The number of hydrogen-bond acceptors (Lipinski definition) is 3. The van der Waals surface area contributed by atoms with Crippen LogP contribution in [0.4, 0.5) is 4.79 Å². The molecule has 2 unspecified atom stereocenters. The highest BCUT2D eigenvalue weighted by Gasteiger charge is 2.28. The zero-order valence-electron chi connectivity index (χ0n) is 11.0. The van der Waals surface area contributed by atoms with Gasteiger partial charge in [0.2, 0.25) is 5.91 Å². The molecule has 3 amide bonds. The van der Waals surface area contributed by atoms with Gasteiger partial charge in [0.1, 0.15) is 12.1 Å². The zero-order valence-corrected chi connectivity index (χ0v) is 11.0. The Kier molecular flexibility index (Phi) is 6.77. The number of urea groups is 1. The van der Waals surface area contributed by atoms with Gasteiger partial charge in [0, 0.05) is 7.05 Å². The first kappa shape index (κ1) is 16.2. The van der Waals surface area contributed by atoms with Crippen LogP contribution in [0.15, 0.2) is 0 Å². The van der Waals surface area contributed by atoms with Crippen LogP contribution in [0.3, 0.4) is 0 Å². The first-order chi connectivity index (χ1) is 8.31. The number of carboxylic acids is 1. The van der Waals surface area contributed by atoms with Crippen LogP contribution in [0, 0.1) is 0 Å². The summed E-state index contributed by atoms with van der Waals surface area (Å²) in [5.41, 5.74) is 5.00. The number of nitrogens with zero attached hydrogens (tertiary/aromatic N) is 1. The van der Waals surface area contributed by atoms with Crippen LogP contribution in [0.25, 0.3) is 0 Å². The average molecular weight is 259 g/mol. The molecular weight excluding hydrogens is 238 g/mol. The maximum absolute atomic E-state index is 12.0. The van der Waals surface area contributed by atoms with Gasteiger partial charge in [-0.3, -0.25) is 4.79 Å². The number of carbonyl (C=O) groups is 3. The van der Waals surface area contributed by atoms with Crippen LogP contribution in [0.2, 0.25) is 0 Å².